The first-order valence-electron chi connectivity index (χ1n) is 14.8. The fourth-order valence-corrected chi connectivity index (χ4v) is 7.60. The van der Waals surface area contributed by atoms with Gasteiger partial charge in [0.2, 0.25) is 5.91 Å². The van der Waals surface area contributed by atoms with Gasteiger partial charge in [0.05, 0.1) is 29.1 Å². The molecule has 2 aromatic heterocycles. The zero-order valence-electron chi connectivity index (χ0n) is 23.6. The molecule has 1 aromatic carbocycles. The number of nitrogens with zero attached hydrogens (tertiary/aromatic N) is 4. The highest BCUT2D eigenvalue weighted by Gasteiger charge is 2.42. The molecule has 3 heterocycles. The minimum atomic E-state index is -4.76. The van der Waals surface area contributed by atoms with Crippen molar-refractivity contribution in [2.24, 2.45) is 24.8 Å². The maximum Gasteiger partial charge on any atom is 0.419 e. The fraction of sp³-hybridized carbons (Fsp3) is 0.500. The van der Waals surface area contributed by atoms with E-state index in [1.807, 2.05) is 11.0 Å². The maximum atomic E-state index is 14.7. The van der Waals surface area contributed by atoms with Crippen molar-refractivity contribution in [3.8, 4) is 6.07 Å². The number of carbonyl (C=O) groups is 2. The van der Waals surface area contributed by atoms with E-state index in [-0.39, 0.29) is 39.9 Å². The molecule has 6 rings (SSSR count). The predicted molar refractivity (Wildman–Crippen MR) is 152 cm³/mol. The van der Waals surface area contributed by atoms with Crippen LogP contribution in [0, 0.1) is 29.1 Å². The lowest BCUT2D eigenvalue weighted by molar-refractivity contribution is -0.136. The SMILES string of the molecule is Cn1cc(C2CCN(C(=O)[C@@H]3C[C@H]4CCCC[C@H]4C3)CC2)c2c(C(F)(F)F)c(NC(=O)c3cccc(C#N)c3)cnc21. The molecule has 0 bridgehead atoms. The minimum Gasteiger partial charge on any atom is -0.342 e. The van der Waals surface area contributed by atoms with Crippen LogP contribution >= 0.6 is 0 Å². The van der Waals surface area contributed by atoms with Gasteiger partial charge in [-0.3, -0.25) is 9.59 Å². The second-order valence-corrected chi connectivity index (χ2v) is 12.2. The predicted octanol–water partition coefficient (Wildman–Crippen LogP) is 6.64. The Labute approximate surface area is 242 Å². The summed E-state index contributed by atoms with van der Waals surface area (Å²) < 4.78 is 45.7. The first-order valence-corrected chi connectivity index (χ1v) is 14.8. The number of fused-ring (bicyclic) bond motifs is 2. The van der Waals surface area contributed by atoms with Crippen LogP contribution in [0.25, 0.3) is 11.0 Å². The molecular weight excluding hydrogens is 543 g/mol. The van der Waals surface area contributed by atoms with Crippen molar-refractivity contribution in [3.63, 3.8) is 0 Å². The molecule has 7 nitrogen and oxygen atoms in total. The van der Waals surface area contributed by atoms with Crippen LogP contribution in [0.2, 0.25) is 0 Å². The summed E-state index contributed by atoms with van der Waals surface area (Å²) in [4.78, 5) is 32.6. The van der Waals surface area contributed by atoms with Crippen molar-refractivity contribution in [2.45, 2.75) is 63.5 Å². The van der Waals surface area contributed by atoms with Crippen LogP contribution in [0.1, 0.15) is 84.3 Å². The van der Waals surface area contributed by atoms with E-state index < -0.39 is 23.3 Å². The third kappa shape index (κ3) is 5.25. The second kappa shape index (κ2) is 11.1. The zero-order chi connectivity index (χ0) is 29.6. The number of benzene rings is 1. The molecule has 2 saturated carbocycles. The molecule has 10 heteroatoms. The van der Waals surface area contributed by atoms with Crippen molar-refractivity contribution >= 4 is 28.5 Å². The molecule has 0 unspecified atom stereocenters. The molecule has 0 spiro atoms. The Morgan fingerprint density at radius 3 is 2.40 bits per heavy atom. The molecule has 3 aromatic rings. The van der Waals surface area contributed by atoms with E-state index in [0.717, 1.165) is 19.0 Å². The second-order valence-electron chi connectivity index (χ2n) is 12.2. The number of piperidine rings is 1. The monoisotopic (exact) mass is 577 g/mol. The number of nitrogens with one attached hydrogen (secondary N) is 1. The molecule has 220 valence electrons. The number of hydrogen-bond donors (Lipinski definition) is 1. The maximum absolute atomic E-state index is 14.7. The Balaban J connectivity index is 1.25. The number of carbonyl (C=O) groups excluding carboxylic acids is 2. The lowest BCUT2D eigenvalue weighted by Crippen LogP contribution is -2.41. The molecule has 3 atom stereocenters. The van der Waals surface area contributed by atoms with Crippen LogP contribution in [-0.4, -0.2) is 39.4 Å². The summed E-state index contributed by atoms with van der Waals surface area (Å²) in [6, 6.07) is 7.72. The fourth-order valence-electron chi connectivity index (χ4n) is 7.60. The molecule has 1 saturated heterocycles. The van der Waals surface area contributed by atoms with Gasteiger partial charge in [-0.1, -0.05) is 31.7 Å². The van der Waals surface area contributed by atoms with Gasteiger partial charge in [-0.2, -0.15) is 18.4 Å². The highest BCUT2D eigenvalue weighted by Crippen LogP contribution is 2.47. The number of nitriles is 1. The van der Waals surface area contributed by atoms with Gasteiger partial charge in [-0.15, -0.1) is 0 Å². The number of aromatic nitrogens is 2. The summed E-state index contributed by atoms with van der Waals surface area (Å²) in [7, 11) is 1.67. The number of hydrogen-bond acceptors (Lipinski definition) is 4. The lowest BCUT2D eigenvalue weighted by atomic mass is 9.82. The van der Waals surface area contributed by atoms with Crippen LogP contribution in [0.5, 0.6) is 0 Å². The number of rotatable bonds is 4. The van der Waals surface area contributed by atoms with Crippen molar-refractivity contribution < 1.29 is 22.8 Å². The number of alkyl halides is 3. The molecule has 2 amide bonds. The summed E-state index contributed by atoms with van der Waals surface area (Å²) in [6.07, 6.45) is 6.04. The highest BCUT2D eigenvalue weighted by molar-refractivity contribution is 6.06. The lowest BCUT2D eigenvalue weighted by Gasteiger charge is -2.34. The van der Waals surface area contributed by atoms with Gasteiger partial charge in [-0.25, -0.2) is 4.98 Å². The van der Waals surface area contributed by atoms with Gasteiger partial charge in [0.25, 0.3) is 5.91 Å². The standard InChI is InChI=1S/C32H34F3N5O2/c1-39-18-25(20-9-11-40(12-10-20)31(42)24-14-21-6-2-3-7-22(21)15-24)27-28(32(33,34)35)26(17-37-29(27)39)38-30(41)23-8-4-5-19(13-23)16-36/h4-5,8,13,17-18,20-22,24H,2-3,6-7,9-12,14-15H2,1H3,(H,38,41)/t21-,22+,24-. The molecule has 3 fully saturated rings. The smallest absolute Gasteiger partial charge is 0.342 e. The third-order valence-corrected chi connectivity index (χ3v) is 9.64. The average Bonchev–Trinajstić information content (AvgIpc) is 3.57. The van der Waals surface area contributed by atoms with E-state index >= 15 is 0 Å². The quantitative estimate of drug-likeness (QED) is 0.377. The van der Waals surface area contributed by atoms with Gasteiger partial charge in [0.15, 0.2) is 0 Å². The molecule has 1 aliphatic heterocycles. The summed E-state index contributed by atoms with van der Waals surface area (Å²) in [6.45, 7) is 1.04. The van der Waals surface area contributed by atoms with Crippen LogP contribution < -0.4 is 5.32 Å². The summed E-state index contributed by atoms with van der Waals surface area (Å²) in [5.74, 6) is 0.690. The van der Waals surface area contributed by atoms with Crippen molar-refractivity contribution in [1.82, 2.24) is 14.5 Å². The largest absolute Gasteiger partial charge is 0.419 e. The number of aryl methyl sites for hydroxylation is 1. The van der Waals surface area contributed by atoms with E-state index in [4.69, 9.17) is 5.26 Å². The van der Waals surface area contributed by atoms with E-state index in [0.29, 0.717) is 43.3 Å². The van der Waals surface area contributed by atoms with Crippen LogP contribution in [0.4, 0.5) is 18.9 Å². The number of halogens is 3. The van der Waals surface area contributed by atoms with Gasteiger partial charge in [0.1, 0.15) is 5.65 Å². The number of pyridine rings is 1. The Hall–Kier alpha value is -3.87. The molecule has 3 aliphatic rings. The Bertz CT molecular complexity index is 1550. The highest BCUT2D eigenvalue weighted by atomic mass is 19.4. The van der Waals surface area contributed by atoms with Crippen molar-refractivity contribution in [1.29, 1.82) is 5.26 Å². The molecular formula is C32H34F3N5O2. The topological polar surface area (TPSA) is 91.0 Å². The van der Waals surface area contributed by atoms with Gasteiger partial charge >= 0.3 is 6.18 Å². The van der Waals surface area contributed by atoms with Crippen LogP contribution in [0.3, 0.4) is 0 Å². The zero-order valence-corrected chi connectivity index (χ0v) is 23.6. The Morgan fingerprint density at radius 1 is 1.07 bits per heavy atom. The van der Waals surface area contributed by atoms with E-state index in [1.54, 1.807) is 17.8 Å². The summed E-state index contributed by atoms with van der Waals surface area (Å²) in [5.41, 5.74) is -0.323. The van der Waals surface area contributed by atoms with Gasteiger partial charge in [-0.05, 0) is 67.2 Å². The average molecular weight is 578 g/mol. The van der Waals surface area contributed by atoms with Crippen LogP contribution in [0.15, 0.2) is 36.7 Å². The van der Waals surface area contributed by atoms with E-state index in [9.17, 15) is 22.8 Å². The Morgan fingerprint density at radius 2 is 1.76 bits per heavy atom. The van der Waals surface area contributed by atoms with Gasteiger partial charge in [0, 0.05) is 43.2 Å². The van der Waals surface area contributed by atoms with E-state index in [2.05, 4.69) is 10.3 Å². The normalized spacial score (nSPS) is 23.0. The first kappa shape index (κ1) is 28.3. The number of amides is 2. The summed E-state index contributed by atoms with van der Waals surface area (Å²) in [5, 5.41) is 11.5. The number of anilines is 1. The first-order chi connectivity index (χ1) is 20.1. The van der Waals surface area contributed by atoms with Crippen LogP contribution in [-0.2, 0) is 18.0 Å². The number of likely N-dealkylation sites (tertiary alicyclic amines) is 1. The molecule has 0 radical (unpaired) electrons. The minimum absolute atomic E-state index is 0.0155. The van der Waals surface area contributed by atoms with Crippen molar-refractivity contribution in [2.75, 3.05) is 18.4 Å². The van der Waals surface area contributed by atoms with Crippen molar-refractivity contribution in [3.05, 3.63) is 58.9 Å². The van der Waals surface area contributed by atoms with E-state index in [1.165, 1.54) is 49.9 Å². The molecule has 42 heavy (non-hydrogen) atoms. The van der Waals surface area contributed by atoms with Gasteiger partial charge < -0.3 is 14.8 Å². The third-order valence-electron chi connectivity index (χ3n) is 9.64. The molecule has 2 aliphatic carbocycles. The Kier molecular flexibility index (Phi) is 7.46. The summed E-state index contributed by atoms with van der Waals surface area (Å²) >= 11 is 0. The molecule has 1 N–H and O–H groups in total.